The molecule has 3 aliphatic rings. The van der Waals surface area contributed by atoms with Gasteiger partial charge in [0.1, 0.15) is 0 Å². The van der Waals surface area contributed by atoms with E-state index in [2.05, 4.69) is 10.2 Å². The van der Waals surface area contributed by atoms with E-state index in [-0.39, 0.29) is 52.5 Å². The van der Waals surface area contributed by atoms with Crippen molar-refractivity contribution in [3.63, 3.8) is 0 Å². The van der Waals surface area contributed by atoms with Crippen LogP contribution in [-0.2, 0) is 23.1 Å². The van der Waals surface area contributed by atoms with Crippen LogP contribution in [0.5, 0.6) is 0 Å². The number of hydrogen-bond acceptors (Lipinski definition) is 4. The quantitative estimate of drug-likeness (QED) is 0.598. The molecule has 0 radical (unpaired) electrons. The number of carbonyl (C=O) groups is 2. The first kappa shape index (κ1) is 26.2. The zero-order valence-electron chi connectivity index (χ0n) is 19.7. The van der Waals surface area contributed by atoms with Crippen molar-refractivity contribution in [1.82, 2.24) is 10.2 Å². The third-order valence-corrected chi connectivity index (χ3v) is 7.71. The maximum Gasteiger partial charge on any atom is 1.00 e. The van der Waals surface area contributed by atoms with Gasteiger partial charge >= 0.3 is 35.7 Å². The molecule has 180 valence electrons. The Morgan fingerprint density at radius 1 is 0.971 bits per heavy atom. The number of amides is 1. The Balaban J connectivity index is 0.00000289. The summed E-state index contributed by atoms with van der Waals surface area (Å²) < 4.78 is 38.7. The summed E-state index contributed by atoms with van der Waals surface area (Å²) in [7, 11) is 0. The fourth-order valence-electron chi connectivity index (χ4n) is 5.15. The largest absolute Gasteiger partial charge is 1.00 e. The van der Waals surface area contributed by atoms with E-state index < -0.39 is 23.2 Å². The molecule has 1 atom stereocenters. The van der Waals surface area contributed by atoms with Gasteiger partial charge in [-0.15, -0.1) is 0 Å². The first-order chi connectivity index (χ1) is 16.1. The predicted octanol–water partition coefficient (Wildman–Crippen LogP) is 0.623. The van der Waals surface area contributed by atoms with E-state index in [1.807, 2.05) is 0 Å². The number of nitrogens with zero attached hydrogens (tertiary/aromatic N) is 1. The van der Waals surface area contributed by atoms with Crippen molar-refractivity contribution < 1.29 is 57.4 Å². The van der Waals surface area contributed by atoms with Crippen LogP contribution in [0.3, 0.4) is 0 Å². The number of alkyl halides is 3. The van der Waals surface area contributed by atoms with Gasteiger partial charge in [0.05, 0.1) is 23.1 Å². The summed E-state index contributed by atoms with van der Waals surface area (Å²) >= 11 is 0. The minimum Gasteiger partial charge on any atom is -0.545 e. The summed E-state index contributed by atoms with van der Waals surface area (Å²) in [6, 6.07) is 11.2. The molecular formula is C26H26F3N2NaO3. The van der Waals surface area contributed by atoms with E-state index in [4.69, 9.17) is 0 Å². The zero-order chi connectivity index (χ0) is 24.1. The fourth-order valence-corrected chi connectivity index (χ4v) is 5.15. The molecule has 9 heteroatoms. The molecule has 1 spiro atoms. The Morgan fingerprint density at radius 3 is 2.11 bits per heavy atom. The third-order valence-electron chi connectivity index (χ3n) is 7.71. The van der Waals surface area contributed by atoms with Crippen molar-refractivity contribution in [3.8, 4) is 0 Å². The molecule has 2 aromatic carbocycles. The molecule has 5 nitrogen and oxygen atoms in total. The number of aromatic carboxylic acids is 1. The van der Waals surface area contributed by atoms with Gasteiger partial charge in [-0.05, 0) is 79.3 Å². The van der Waals surface area contributed by atoms with Gasteiger partial charge in [0.15, 0.2) is 0 Å². The van der Waals surface area contributed by atoms with Gasteiger partial charge in [0.25, 0.3) is 0 Å². The summed E-state index contributed by atoms with van der Waals surface area (Å²) in [6.07, 6.45) is 1.15. The minimum absolute atomic E-state index is 0. The first-order valence-corrected chi connectivity index (χ1v) is 11.6. The van der Waals surface area contributed by atoms with Crippen molar-refractivity contribution in [2.75, 3.05) is 6.54 Å². The smallest absolute Gasteiger partial charge is 0.545 e. The molecule has 1 N–H and O–H groups in total. The first-order valence-electron chi connectivity index (χ1n) is 11.6. The number of carbonyl (C=O) groups excluding carboxylic acids is 2. The molecule has 0 bridgehead atoms. The standard InChI is InChI=1S/C26H27F3N2O3.Na/c27-26(28,29)20-5-1-17(2-6-20)16-31-14-13-24(9-10-24)15-21(31)22(32)30-25(11-12-25)19-7-3-18(4-8-19)23(33)34;/h1-8,21H,9-16H2,(H,30,32)(H,33,34);/q;+1/p-1/t21-;/m1./s1. The number of halogens is 3. The molecule has 2 aromatic rings. The van der Waals surface area contributed by atoms with Crippen LogP contribution in [0.15, 0.2) is 48.5 Å². The van der Waals surface area contributed by atoms with Crippen LogP contribution >= 0.6 is 0 Å². The van der Waals surface area contributed by atoms with E-state index in [1.165, 1.54) is 24.3 Å². The molecule has 1 saturated heterocycles. The van der Waals surface area contributed by atoms with Crippen LogP contribution in [-0.4, -0.2) is 29.4 Å². The third kappa shape index (κ3) is 5.61. The van der Waals surface area contributed by atoms with Crippen molar-refractivity contribution in [3.05, 3.63) is 70.8 Å². The van der Waals surface area contributed by atoms with E-state index in [1.54, 1.807) is 12.1 Å². The molecule has 0 unspecified atom stereocenters. The topological polar surface area (TPSA) is 72.5 Å². The Bertz CT molecular complexity index is 1090. The van der Waals surface area contributed by atoms with Crippen LogP contribution in [0.25, 0.3) is 0 Å². The van der Waals surface area contributed by atoms with Crippen LogP contribution in [0, 0.1) is 5.41 Å². The molecule has 1 heterocycles. The van der Waals surface area contributed by atoms with Crippen LogP contribution in [0.2, 0.25) is 0 Å². The molecule has 1 aliphatic heterocycles. The summed E-state index contributed by atoms with van der Waals surface area (Å²) in [5.41, 5.74) is 0.757. The molecule has 3 fully saturated rings. The van der Waals surface area contributed by atoms with Gasteiger partial charge in [-0.3, -0.25) is 9.69 Å². The summed E-state index contributed by atoms with van der Waals surface area (Å²) in [5.74, 6) is -1.31. The second-order valence-electron chi connectivity index (χ2n) is 10.1. The SMILES string of the molecule is O=C([O-])c1ccc(C2(NC(=O)[C@H]3CC4(CCN3Cc3ccc(C(F)(F)F)cc3)CC4)CC2)cc1.[Na+]. The molecule has 0 aromatic heterocycles. The Kier molecular flexibility index (Phi) is 7.14. The van der Waals surface area contributed by atoms with Crippen LogP contribution in [0.4, 0.5) is 13.2 Å². The minimum atomic E-state index is -4.37. The van der Waals surface area contributed by atoms with Crippen LogP contribution < -0.4 is 40.0 Å². The van der Waals surface area contributed by atoms with Crippen molar-refractivity contribution >= 4 is 11.9 Å². The predicted molar refractivity (Wildman–Crippen MR) is 116 cm³/mol. The Morgan fingerprint density at radius 2 is 1.60 bits per heavy atom. The number of likely N-dealkylation sites (tertiary alicyclic amines) is 1. The zero-order valence-corrected chi connectivity index (χ0v) is 21.7. The number of carboxylic acid groups (broad SMARTS) is 1. The van der Waals surface area contributed by atoms with Crippen LogP contribution in [0.1, 0.15) is 65.6 Å². The summed E-state index contributed by atoms with van der Waals surface area (Å²) in [6.45, 7) is 1.14. The Labute approximate surface area is 224 Å². The molecule has 1 amide bonds. The maximum atomic E-state index is 13.5. The van der Waals surface area contributed by atoms with E-state index in [0.29, 0.717) is 6.54 Å². The van der Waals surface area contributed by atoms with Gasteiger partial charge < -0.3 is 15.2 Å². The van der Waals surface area contributed by atoms with Gasteiger partial charge in [0, 0.05) is 6.54 Å². The van der Waals surface area contributed by atoms with Gasteiger partial charge in [0.2, 0.25) is 5.91 Å². The second-order valence-corrected chi connectivity index (χ2v) is 10.1. The van der Waals surface area contributed by atoms with Gasteiger partial charge in [-0.25, -0.2) is 0 Å². The molecule has 35 heavy (non-hydrogen) atoms. The number of nitrogens with one attached hydrogen (secondary N) is 1. The normalized spacial score (nSPS) is 22.2. The molecule has 5 rings (SSSR count). The number of benzene rings is 2. The fraction of sp³-hybridized carbons (Fsp3) is 0.462. The van der Waals surface area contributed by atoms with Crippen molar-refractivity contribution in [2.45, 2.75) is 62.8 Å². The monoisotopic (exact) mass is 494 g/mol. The summed E-state index contributed by atoms with van der Waals surface area (Å²) in [5, 5.41) is 14.3. The molecule has 2 aliphatic carbocycles. The number of piperidine rings is 1. The second kappa shape index (κ2) is 9.54. The molecule has 2 saturated carbocycles. The molecular weight excluding hydrogens is 468 g/mol. The van der Waals surface area contributed by atoms with Gasteiger partial charge in [-0.2, -0.15) is 13.2 Å². The van der Waals surface area contributed by atoms with E-state index in [9.17, 15) is 27.9 Å². The Hall–Kier alpha value is -1.87. The maximum absolute atomic E-state index is 13.5. The summed E-state index contributed by atoms with van der Waals surface area (Å²) in [4.78, 5) is 26.6. The van der Waals surface area contributed by atoms with Crippen molar-refractivity contribution in [2.24, 2.45) is 5.41 Å². The number of rotatable bonds is 6. The number of carboxylic acids is 1. The average Bonchev–Trinajstić information content (AvgIpc) is 3.73. The van der Waals surface area contributed by atoms with Crippen molar-refractivity contribution in [1.29, 1.82) is 0 Å². The average molecular weight is 494 g/mol. The van der Waals surface area contributed by atoms with E-state index >= 15 is 0 Å². The van der Waals surface area contributed by atoms with Gasteiger partial charge in [-0.1, -0.05) is 36.4 Å². The number of hydrogen-bond donors (Lipinski definition) is 1. The van der Waals surface area contributed by atoms with E-state index in [0.717, 1.165) is 68.3 Å².